The molecule has 3 rings (SSSR count). The Balaban J connectivity index is 1.78. The van der Waals surface area contributed by atoms with Gasteiger partial charge in [0.2, 0.25) is 0 Å². The molecule has 0 radical (unpaired) electrons. The molecule has 0 spiro atoms. The van der Waals surface area contributed by atoms with Gasteiger partial charge in [-0.25, -0.2) is 4.79 Å². The van der Waals surface area contributed by atoms with Crippen molar-refractivity contribution in [2.45, 2.75) is 39.2 Å². The van der Waals surface area contributed by atoms with Crippen LogP contribution in [0.1, 0.15) is 41.1 Å². The van der Waals surface area contributed by atoms with Crippen molar-refractivity contribution in [2.24, 2.45) is 0 Å². The van der Waals surface area contributed by atoms with Gasteiger partial charge in [0, 0.05) is 10.9 Å². The lowest BCUT2D eigenvalue weighted by molar-refractivity contribution is -0.386. The van der Waals surface area contributed by atoms with Crippen LogP contribution in [0.25, 0.3) is 0 Å². The summed E-state index contributed by atoms with van der Waals surface area (Å²) in [6.07, 6.45) is 1.62. The first-order valence-corrected chi connectivity index (χ1v) is 9.76. The lowest BCUT2D eigenvalue weighted by Gasteiger charge is -2.15. The molecular weight excluding hydrogens is 384 g/mol. The third kappa shape index (κ3) is 3.99. The molecule has 1 N–H and O–H groups in total. The molecular formula is C19H20N2O6S. The number of hydrogen-bond acceptors (Lipinski definition) is 7. The molecule has 0 aliphatic heterocycles. The summed E-state index contributed by atoms with van der Waals surface area (Å²) in [5.74, 6) is -0.942. The zero-order valence-electron chi connectivity index (χ0n) is 15.5. The average molecular weight is 404 g/mol. The van der Waals surface area contributed by atoms with Crippen molar-refractivity contribution < 1.29 is 24.0 Å². The van der Waals surface area contributed by atoms with Gasteiger partial charge in [-0.15, -0.1) is 11.3 Å². The van der Waals surface area contributed by atoms with Crippen LogP contribution in [-0.2, 0) is 22.4 Å². The van der Waals surface area contributed by atoms with Gasteiger partial charge in [-0.2, -0.15) is 0 Å². The molecule has 9 heteroatoms. The van der Waals surface area contributed by atoms with Gasteiger partial charge >= 0.3 is 11.7 Å². The van der Waals surface area contributed by atoms with Crippen LogP contribution < -0.4 is 10.1 Å². The molecule has 1 amide bonds. The Morgan fingerprint density at radius 3 is 2.79 bits per heavy atom. The van der Waals surface area contributed by atoms with E-state index in [0.717, 1.165) is 29.7 Å². The Labute approximate surface area is 165 Å². The number of nitrogens with one attached hydrogen (secondary N) is 1. The molecule has 148 valence electrons. The van der Waals surface area contributed by atoms with Gasteiger partial charge < -0.3 is 14.8 Å². The molecule has 1 unspecified atom stereocenters. The number of amides is 1. The van der Waals surface area contributed by atoms with E-state index in [1.165, 1.54) is 36.5 Å². The van der Waals surface area contributed by atoms with Crippen LogP contribution in [0.15, 0.2) is 24.3 Å². The fourth-order valence-corrected chi connectivity index (χ4v) is 4.36. The second-order valence-electron chi connectivity index (χ2n) is 6.26. The second kappa shape index (κ2) is 8.39. The molecule has 0 saturated carbocycles. The van der Waals surface area contributed by atoms with E-state index in [-0.39, 0.29) is 18.0 Å². The number of aryl methyl sites for hydroxylation is 1. The Kier molecular flexibility index (Phi) is 5.93. The van der Waals surface area contributed by atoms with Crippen LogP contribution in [0.4, 0.5) is 10.7 Å². The molecule has 0 fully saturated rings. The lowest BCUT2D eigenvalue weighted by Crippen LogP contribution is -2.30. The molecule has 1 aliphatic carbocycles. The summed E-state index contributed by atoms with van der Waals surface area (Å²) in [5.41, 5.74) is 1.13. The smallest absolute Gasteiger partial charge is 0.341 e. The Morgan fingerprint density at radius 1 is 1.32 bits per heavy atom. The van der Waals surface area contributed by atoms with E-state index in [4.69, 9.17) is 9.47 Å². The van der Waals surface area contributed by atoms with Gasteiger partial charge in [0.25, 0.3) is 5.91 Å². The molecule has 8 nitrogen and oxygen atoms in total. The zero-order chi connectivity index (χ0) is 20.3. The molecule has 0 bridgehead atoms. The number of hydrogen-bond donors (Lipinski definition) is 1. The molecule has 1 heterocycles. The Hall–Kier alpha value is -2.94. The van der Waals surface area contributed by atoms with Crippen LogP contribution in [0.2, 0.25) is 0 Å². The van der Waals surface area contributed by atoms with Gasteiger partial charge in [-0.05, 0) is 44.7 Å². The summed E-state index contributed by atoms with van der Waals surface area (Å²) < 4.78 is 10.6. The van der Waals surface area contributed by atoms with Crippen molar-refractivity contribution in [1.29, 1.82) is 0 Å². The van der Waals surface area contributed by atoms with Gasteiger partial charge in [-0.3, -0.25) is 14.9 Å². The monoisotopic (exact) mass is 404 g/mol. The largest absolute Gasteiger partial charge is 0.474 e. The van der Waals surface area contributed by atoms with E-state index in [1.807, 2.05) is 0 Å². The maximum atomic E-state index is 12.6. The SMILES string of the molecule is CCOC(=O)c1c(NC(=O)C(C)Oc2ccccc2[N+](=O)[O-])sc2c1CCC2. The highest BCUT2D eigenvalue weighted by Gasteiger charge is 2.29. The minimum atomic E-state index is -0.993. The number of nitro groups is 1. The minimum absolute atomic E-state index is 0.00874. The van der Waals surface area contributed by atoms with E-state index in [1.54, 1.807) is 13.0 Å². The van der Waals surface area contributed by atoms with Crippen molar-refractivity contribution in [2.75, 3.05) is 11.9 Å². The number of benzene rings is 1. The predicted octanol–water partition coefficient (Wildman–Crippen LogP) is 3.73. The standard InChI is InChI=1S/C19H20N2O6S/c1-3-26-19(23)16-12-7-6-10-15(12)28-18(16)20-17(22)11(2)27-14-9-5-4-8-13(14)21(24)25/h4-5,8-9,11H,3,6-7,10H2,1-2H3,(H,20,22). The molecule has 1 aliphatic rings. The number of rotatable bonds is 7. The van der Waals surface area contributed by atoms with Gasteiger partial charge in [0.15, 0.2) is 11.9 Å². The fraction of sp³-hybridized carbons (Fsp3) is 0.368. The van der Waals surface area contributed by atoms with E-state index in [0.29, 0.717) is 10.6 Å². The number of anilines is 1. The fourth-order valence-electron chi connectivity index (χ4n) is 3.08. The number of ether oxygens (including phenoxy) is 2. The number of para-hydroxylation sites is 2. The van der Waals surface area contributed by atoms with Crippen LogP contribution >= 0.6 is 11.3 Å². The van der Waals surface area contributed by atoms with E-state index < -0.39 is 22.9 Å². The predicted molar refractivity (Wildman–Crippen MR) is 104 cm³/mol. The van der Waals surface area contributed by atoms with E-state index in [9.17, 15) is 19.7 Å². The molecule has 1 atom stereocenters. The van der Waals surface area contributed by atoms with Gasteiger partial charge in [0.1, 0.15) is 5.00 Å². The van der Waals surface area contributed by atoms with Crippen LogP contribution in [0.5, 0.6) is 5.75 Å². The topological polar surface area (TPSA) is 108 Å². The summed E-state index contributed by atoms with van der Waals surface area (Å²) in [6, 6.07) is 5.86. The van der Waals surface area contributed by atoms with E-state index in [2.05, 4.69) is 5.32 Å². The third-order valence-corrected chi connectivity index (χ3v) is 5.58. The van der Waals surface area contributed by atoms with E-state index >= 15 is 0 Å². The quantitative estimate of drug-likeness (QED) is 0.428. The number of fused-ring (bicyclic) bond motifs is 1. The number of carbonyl (C=O) groups excluding carboxylic acids is 2. The number of carbonyl (C=O) groups is 2. The summed E-state index contributed by atoms with van der Waals surface area (Å²) in [4.78, 5) is 36.6. The summed E-state index contributed by atoms with van der Waals surface area (Å²) in [6.45, 7) is 3.47. The zero-order valence-corrected chi connectivity index (χ0v) is 16.3. The normalized spacial score (nSPS) is 13.5. The highest BCUT2D eigenvalue weighted by molar-refractivity contribution is 7.17. The Bertz CT molecular complexity index is 923. The van der Waals surface area contributed by atoms with Crippen molar-refractivity contribution in [3.05, 3.63) is 50.4 Å². The molecule has 0 saturated heterocycles. The van der Waals surface area contributed by atoms with Crippen molar-refractivity contribution >= 4 is 33.9 Å². The highest BCUT2D eigenvalue weighted by atomic mass is 32.1. The van der Waals surface area contributed by atoms with Crippen molar-refractivity contribution in [3.8, 4) is 5.75 Å². The summed E-state index contributed by atoms with van der Waals surface area (Å²) >= 11 is 1.37. The second-order valence-corrected chi connectivity index (χ2v) is 7.36. The molecule has 1 aromatic carbocycles. The summed E-state index contributed by atoms with van der Waals surface area (Å²) in [5, 5.41) is 14.3. The molecule has 1 aromatic heterocycles. The maximum absolute atomic E-state index is 12.6. The number of esters is 1. The number of nitrogens with zero attached hydrogens (tertiary/aromatic N) is 1. The third-order valence-electron chi connectivity index (χ3n) is 4.37. The lowest BCUT2D eigenvalue weighted by atomic mass is 10.1. The number of nitro benzene ring substituents is 1. The summed E-state index contributed by atoms with van der Waals surface area (Å²) in [7, 11) is 0. The van der Waals surface area contributed by atoms with Gasteiger partial charge in [0.05, 0.1) is 17.1 Å². The number of thiophene rings is 1. The van der Waals surface area contributed by atoms with Crippen molar-refractivity contribution in [3.63, 3.8) is 0 Å². The molecule has 2 aromatic rings. The van der Waals surface area contributed by atoms with Crippen LogP contribution in [-0.4, -0.2) is 29.5 Å². The minimum Gasteiger partial charge on any atom is -0.474 e. The highest BCUT2D eigenvalue weighted by Crippen LogP contribution is 2.39. The first kappa shape index (κ1) is 19.8. The molecule has 28 heavy (non-hydrogen) atoms. The van der Waals surface area contributed by atoms with Crippen LogP contribution in [0, 0.1) is 10.1 Å². The Morgan fingerprint density at radius 2 is 2.07 bits per heavy atom. The first-order valence-electron chi connectivity index (χ1n) is 8.95. The van der Waals surface area contributed by atoms with Gasteiger partial charge in [-0.1, -0.05) is 12.1 Å². The average Bonchev–Trinajstić information content (AvgIpc) is 3.22. The first-order chi connectivity index (χ1) is 13.4. The van der Waals surface area contributed by atoms with Crippen LogP contribution in [0.3, 0.4) is 0 Å². The maximum Gasteiger partial charge on any atom is 0.341 e. The van der Waals surface area contributed by atoms with Crippen molar-refractivity contribution in [1.82, 2.24) is 0 Å².